The highest BCUT2D eigenvalue weighted by Crippen LogP contribution is 2.48. The van der Waals surface area contributed by atoms with Gasteiger partial charge in [-0.2, -0.15) is 0 Å². The molecule has 1 aromatic heterocycles. The van der Waals surface area contributed by atoms with E-state index in [-0.39, 0.29) is 0 Å². The Hall–Kier alpha value is -7.16. The van der Waals surface area contributed by atoms with E-state index in [1.807, 2.05) is 12.2 Å². The van der Waals surface area contributed by atoms with Gasteiger partial charge in [-0.15, -0.1) is 0 Å². The number of allylic oxidation sites excluding steroid dienone is 5. The number of anilines is 3. The molecule has 9 rings (SSSR count). The maximum absolute atomic E-state index is 6.98. The zero-order valence-corrected chi connectivity index (χ0v) is 30.7. The molecule has 0 N–H and O–H groups in total. The number of nitrogens with zero attached hydrogens (tertiary/aromatic N) is 1. The molecule has 0 saturated carbocycles. The number of hydrogen-bond acceptors (Lipinski definition) is 2. The van der Waals surface area contributed by atoms with Gasteiger partial charge in [-0.05, 0) is 81.7 Å². The molecule has 0 bridgehead atoms. The number of rotatable bonds is 9. The molecule has 0 radical (unpaired) electrons. The van der Waals surface area contributed by atoms with Crippen LogP contribution in [0.1, 0.15) is 12.5 Å². The molecule has 9 aromatic rings. The van der Waals surface area contributed by atoms with Gasteiger partial charge in [-0.1, -0.05) is 176 Å². The summed E-state index contributed by atoms with van der Waals surface area (Å²) in [5, 5.41) is 5.84. The standard InChI is InChI=1S/C53H39NO/c1-3-5-19-37(4-2)41-32-35-49(48(36-41)38-20-9-6-10-21-38)54(42-24-13-8-14-25-42)43-33-30-39(31-34-43)50-51-46-28-17-15-26-44(46)45-27-16-18-29-47(45)53(51)55-52(50)40-22-11-7-12-23-40/h3-36H,1H2,2H3/b19-5-,37-4+. The van der Waals surface area contributed by atoms with Crippen molar-refractivity contribution in [1.29, 1.82) is 0 Å². The third-order valence-corrected chi connectivity index (χ3v) is 10.4. The van der Waals surface area contributed by atoms with E-state index in [1.54, 1.807) is 0 Å². The largest absolute Gasteiger partial charge is 0.455 e. The summed E-state index contributed by atoms with van der Waals surface area (Å²) in [4.78, 5) is 2.36. The van der Waals surface area contributed by atoms with E-state index in [1.165, 1.54) is 16.2 Å². The SMILES string of the molecule is C=C/C=C\C(=C/C)c1ccc(N(c2ccccc2)c2ccc(-c3c(-c4ccccc4)oc4c5ccccc5c5ccccc5c34)cc2)c(-c2ccccc2)c1. The molecule has 0 unspecified atom stereocenters. The van der Waals surface area contributed by atoms with Gasteiger partial charge >= 0.3 is 0 Å². The minimum atomic E-state index is 0.872. The fourth-order valence-corrected chi connectivity index (χ4v) is 7.87. The first kappa shape index (κ1) is 33.7. The molecule has 0 spiro atoms. The van der Waals surface area contributed by atoms with Crippen LogP contribution in [0.15, 0.2) is 217 Å². The summed E-state index contributed by atoms with van der Waals surface area (Å²) in [5.41, 5.74) is 12.0. The molecule has 0 amide bonds. The molecule has 8 aromatic carbocycles. The summed E-state index contributed by atoms with van der Waals surface area (Å²) in [6.07, 6.45) is 8.06. The highest BCUT2D eigenvalue weighted by Gasteiger charge is 2.24. The summed E-state index contributed by atoms with van der Waals surface area (Å²) in [6.45, 7) is 5.96. The van der Waals surface area contributed by atoms with Crippen LogP contribution in [0.4, 0.5) is 17.1 Å². The Bertz CT molecular complexity index is 2860. The Morgan fingerprint density at radius 3 is 1.76 bits per heavy atom. The van der Waals surface area contributed by atoms with Crippen LogP contribution in [-0.2, 0) is 0 Å². The molecular formula is C53H39NO. The number of furan rings is 1. The predicted molar refractivity (Wildman–Crippen MR) is 235 cm³/mol. The molecule has 2 heteroatoms. The average Bonchev–Trinajstić information content (AvgIpc) is 3.67. The van der Waals surface area contributed by atoms with Crippen molar-refractivity contribution in [1.82, 2.24) is 0 Å². The van der Waals surface area contributed by atoms with Crippen LogP contribution in [-0.4, -0.2) is 0 Å². The lowest BCUT2D eigenvalue weighted by Gasteiger charge is -2.28. The molecule has 0 saturated heterocycles. The van der Waals surface area contributed by atoms with Crippen LogP contribution in [0, 0.1) is 0 Å². The lowest BCUT2D eigenvalue weighted by Crippen LogP contribution is -2.11. The maximum atomic E-state index is 6.98. The number of fused-ring (bicyclic) bond motifs is 6. The smallest absolute Gasteiger partial charge is 0.143 e. The summed E-state index contributed by atoms with van der Waals surface area (Å²) in [7, 11) is 0. The Morgan fingerprint density at radius 2 is 1.11 bits per heavy atom. The molecule has 0 aliphatic heterocycles. The topological polar surface area (TPSA) is 16.4 Å². The Kier molecular flexibility index (Phi) is 8.99. The first-order chi connectivity index (χ1) is 27.2. The van der Waals surface area contributed by atoms with Gasteiger partial charge in [0.2, 0.25) is 0 Å². The highest BCUT2D eigenvalue weighted by molar-refractivity contribution is 6.28. The molecule has 2 nitrogen and oxygen atoms in total. The van der Waals surface area contributed by atoms with E-state index >= 15 is 0 Å². The Labute approximate surface area is 322 Å². The van der Waals surface area contributed by atoms with Crippen molar-refractivity contribution in [3.8, 4) is 33.6 Å². The molecule has 0 atom stereocenters. The van der Waals surface area contributed by atoms with Crippen molar-refractivity contribution in [3.05, 3.63) is 218 Å². The Morgan fingerprint density at radius 1 is 0.545 bits per heavy atom. The average molecular weight is 706 g/mol. The van der Waals surface area contributed by atoms with Gasteiger partial charge in [0.25, 0.3) is 0 Å². The van der Waals surface area contributed by atoms with Crippen LogP contribution in [0.5, 0.6) is 0 Å². The minimum Gasteiger partial charge on any atom is -0.455 e. The van der Waals surface area contributed by atoms with Crippen molar-refractivity contribution in [2.75, 3.05) is 4.90 Å². The number of para-hydroxylation sites is 1. The highest BCUT2D eigenvalue weighted by atomic mass is 16.3. The summed E-state index contributed by atoms with van der Waals surface area (Å²) < 4.78 is 6.98. The second-order valence-corrected chi connectivity index (χ2v) is 13.6. The van der Waals surface area contributed by atoms with Crippen LogP contribution in [0.25, 0.3) is 71.7 Å². The van der Waals surface area contributed by atoms with Crippen molar-refractivity contribution in [3.63, 3.8) is 0 Å². The van der Waals surface area contributed by atoms with Crippen LogP contribution < -0.4 is 4.90 Å². The summed E-state index contributed by atoms with van der Waals surface area (Å²) in [6, 6.07) is 64.8. The van der Waals surface area contributed by atoms with E-state index < -0.39 is 0 Å². The van der Waals surface area contributed by atoms with Gasteiger partial charge in [-0.25, -0.2) is 0 Å². The molecule has 262 valence electrons. The van der Waals surface area contributed by atoms with E-state index in [9.17, 15) is 0 Å². The minimum absolute atomic E-state index is 0.872. The summed E-state index contributed by atoms with van der Waals surface area (Å²) in [5.74, 6) is 0.872. The summed E-state index contributed by atoms with van der Waals surface area (Å²) >= 11 is 0. The van der Waals surface area contributed by atoms with Crippen molar-refractivity contribution < 1.29 is 4.42 Å². The second kappa shape index (κ2) is 14.7. The van der Waals surface area contributed by atoms with Gasteiger partial charge in [0.15, 0.2) is 0 Å². The molecule has 0 aliphatic carbocycles. The second-order valence-electron chi connectivity index (χ2n) is 13.6. The van der Waals surface area contributed by atoms with Crippen molar-refractivity contribution in [2.24, 2.45) is 0 Å². The van der Waals surface area contributed by atoms with E-state index in [2.05, 4.69) is 213 Å². The predicted octanol–water partition coefficient (Wildman–Crippen LogP) is 15.4. The van der Waals surface area contributed by atoms with Gasteiger partial charge in [0.1, 0.15) is 11.3 Å². The van der Waals surface area contributed by atoms with Crippen LogP contribution in [0.2, 0.25) is 0 Å². The molecular weight excluding hydrogens is 667 g/mol. The quantitative estimate of drug-likeness (QED) is 0.110. The lowest BCUT2D eigenvalue weighted by molar-refractivity contribution is 0.636. The fourth-order valence-electron chi connectivity index (χ4n) is 7.87. The van der Waals surface area contributed by atoms with Gasteiger partial charge in [-0.3, -0.25) is 0 Å². The number of benzene rings is 8. The van der Waals surface area contributed by atoms with E-state index in [0.717, 1.165) is 78.1 Å². The Balaban J connectivity index is 1.26. The third kappa shape index (κ3) is 6.14. The lowest BCUT2D eigenvalue weighted by atomic mass is 9.92. The monoisotopic (exact) mass is 705 g/mol. The van der Waals surface area contributed by atoms with Crippen molar-refractivity contribution >= 4 is 55.1 Å². The molecule has 55 heavy (non-hydrogen) atoms. The fraction of sp³-hybridized carbons (Fsp3) is 0.0189. The third-order valence-electron chi connectivity index (χ3n) is 10.4. The molecule has 1 heterocycles. The maximum Gasteiger partial charge on any atom is 0.143 e. The van der Waals surface area contributed by atoms with E-state index in [4.69, 9.17) is 4.42 Å². The first-order valence-corrected chi connectivity index (χ1v) is 18.8. The van der Waals surface area contributed by atoms with Crippen LogP contribution >= 0.6 is 0 Å². The van der Waals surface area contributed by atoms with Crippen molar-refractivity contribution in [2.45, 2.75) is 6.92 Å². The molecule has 0 aliphatic rings. The number of hydrogen-bond donors (Lipinski definition) is 0. The van der Waals surface area contributed by atoms with Gasteiger partial charge in [0, 0.05) is 38.8 Å². The zero-order chi connectivity index (χ0) is 37.1. The zero-order valence-electron chi connectivity index (χ0n) is 30.7. The van der Waals surface area contributed by atoms with Gasteiger partial charge in [0.05, 0.1) is 5.69 Å². The van der Waals surface area contributed by atoms with E-state index in [0.29, 0.717) is 0 Å². The van der Waals surface area contributed by atoms with Gasteiger partial charge < -0.3 is 9.32 Å². The molecule has 0 fully saturated rings. The van der Waals surface area contributed by atoms with Crippen LogP contribution in [0.3, 0.4) is 0 Å². The first-order valence-electron chi connectivity index (χ1n) is 18.8. The normalized spacial score (nSPS) is 11.8.